The minimum atomic E-state index is -0.139. The second kappa shape index (κ2) is 6.10. The SMILES string of the molecule is CC(CCO)CNC(=O)c1sccc1Cl. The van der Waals surface area contributed by atoms with E-state index in [0.29, 0.717) is 22.9 Å². The number of thiophene rings is 1. The average Bonchev–Trinajstić information content (AvgIpc) is 2.61. The topological polar surface area (TPSA) is 49.3 Å². The maximum absolute atomic E-state index is 11.6. The molecular formula is C10H14ClNO2S. The van der Waals surface area contributed by atoms with E-state index in [2.05, 4.69) is 5.32 Å². The zero-order valence-electron chi connectivity index (χ0n) is 8.50. The van der Waals surface area contributed by atoms with E-state index < -0.39 is 0 Å². The molecule has 1 aromatic heterocycles. The van der Waals surface area contributed by atoms with Crippen LogP contribution in [0.2, 0.25) is 5.02 Å². The van der Waals surface area contributed by atoms with E-state index >= 15 is 0 Å². The molecule has 0 aromatic carbocycles. The molecule has 5 heteroatoms. The third kappa shape index (κ3) is 3.81. The highest BCUT2D eigenvalue weighted by molar-refractivity contribution is 7.12. The molecule has 1 atom stereocenters. The van der Waals surface area contributed by atoms with Crippen molar-refractivity contribution in [2.24, 2.45) is 5.92 Å². The number of halogens is 1. The lowest BCUT2D eigenvalue weighted by Gasteiger charge is -2.10. The van der Waals surface area contributed by atoms with Gasteiger partial charge < -0.3 is 10.4 Å². The fraction of sp³-hybridized carbons (Fsp3) is 0.500. The van der Waals surface area contributed by atoms with Crippen LogP contribution in [0.1, 0.15) is 23.0 Å². The summed E-state index contributed by atoms with van der Waals surface area (Å²) in [4.78, 5) is 12.1. The summed E-state index contributed by atoms with van der Waals surface area (Å²) in [5.41, 5.74) is 0. The highest BCUT2D eigenvalue weighted by atomic mass is 35.5. The van der Waals surface area contributed by atoms with Crippen LogP contribution in [0.15, 0.2) is 11.4 Å². The van der Waals surface area contributed by atoms with Gasteiger partial charge in [-0.15, -0.1) is 11.3 Å². The Morgan fingerprint density at radius 2 is 2.47 bits per heavy atom. The molecule has 0 spiro atoms. The van der Waals surface area contributed by atoms with Crippen LogP contribution in [0.4, 0.5) is 0 Å². The minimum absolute atomic E-state index is 0.139. The number of aliphatic hydroxyl groups excluding tert-OH is 1. The predicted molar refractivity (Wildman–Crippen MR) is 62.5 cm³/mol. The third-order valence-corrected chi connectivity index (χ3v) is 3.40. The van der Waals surface area contributed by atoms with Gasteiger partial charge in [0.25, 0.3) is 5.91 Å². The molecule has 0 saturated heterocycles. The van der Waals surface area contributed by atoms with Gasteiger partial charge in [-0.25, -0.2) is 0 Å². The standard InChI is InChI=1S/C10H14ClNO2S/c1-7(2-4-13)6-12-10(14)9-8(11)3-5-15-9/h3,5,7,13H,2,4,6H2,1H3,(H,12,14). The maximum atomic E-state index is 11.6. The molecule has 1 aromatic rings. The van der Waals surface area contributed by atoms with Crippen molar-refractivity contribution in [1.82, 2.24) is 5.32 Å². The van der Waals surface area contributed by atoms with E-state index in [0.717, 1.165) is 0 Å². The Balaban J connectivity index is 2.40. The lowest BCUT2D eigenvalue weighted by molar-refractivity contribution is 0.0949. The molecule has 1 heterocycles. The number of carbonyl (C=O) groups is 1. The van der Waals surface area contributed by atoms with Crippen molar-refractivity contribution >= 4 is 28.8 Å². The van der Waals surface area contributed by atoms with E-state index in [9.17, 15) is 4.79 Å². The van der Waals surface area contributed by atoms with Crippen molar-refractivity contribution in [3.8, 4) is 0 Å². The van der Waals surface area contributed by atoms with Crippen LogP contribution in [0.25, 0.3) is 0 Å². The zero-order valence-corrected chi connectivity index (χ0v) is 10.1. The highest BCUT2D eigenvalue weighted by Gasteiger charge is 2.12. The van der Waals surface area contributed by atoms with Gasteiger partial charge in [0, 0.05) is 13.2 Å². The minimum Gasteiger partial charge on any atom is -0.396 e. The summed E-state index contributed by atoms with van der Waals surface area (Å²) >= 11 is 7.15. The van der Waals surface area contributed by atoms with Crippen molar-refractivity contribution in [1.29, 1.82) is 0 Å². The Kier molecular flexibility index (Phi) is 5.08. The second-order valence-electron chi connectivity index (χ2n) is 3.43. The van der Waals surface area contributed by atoms with E-state index in [-0.39, 0.29) is 18.4 Å². The highest BCUT2D eigenvalue weighted by Crippen LogP contribution is 2.21. The fourth-order valence-corrected chi connectivity index (χ4v) is 2.18. The first-order valence-electron chi connectivity index (χ1n) is 4.77. The summed E-state index contributed by atoms with van der Waals surface area (Å²) in [5, 5.41) is 13.8. The molecule has 84 valence electrons. The maximum Gasteiger partial charge on any atom is 0.262 e. The van der Waals surface area contributed by atoms with E-state index in [1.807, 2.05) is 6.92 Å². The van der Waals surface area contributed by atoms with Crippen LogP contribution in [-0.4, -0.2) is 24.2 Å². The number of hydrogen-bond acceptors (Lipinski definition) is 3. The van der Waals surface area contributed by atoms with Gasteiger partial charge in [-0.1, -0.05) is 18.5 Å². The summed E-state index contributed by atoms with van der Waals surface area (Å²) in [6.07, 6.45) is 0.693. The molecule has 0 aliphatic heterocycles. The summed E-state index contributed by atoms with van der Waals surface area (Å²) in [6.45, 7) is 2.69. The molecule has 0 aliphatic rings. The number of aliphatic hydroxyl groups is 1. The zero-order chi connectivity index (χ0) is 11.3. The second-order valence-corrected chi connectivity index (χ2v) is 4.75. The number of carbonyl (C=O) groups excluding carboxylic acids is 1. The Labute approximate surface area is 98.1 Å². The Morgan fingerprint density at radius 3 is 3.00 bits per heavy atom. The quantitative estimate of drug-likeness (QED) is 0.838. The fourth-order valence-electron chi connectivity index (χ4n) is 1.13. The Hall–Kier alpha value is -0.580. The Bertz CT molecular complexity index is 327. The molecule has 2 N–H and O–H groups in total. The van der Waals surface area contributed by atoms with Gasteiger partial charge in [0.2, 0.25) is 0 Å². The molecule has 3 nitrogen and oxygen atoms in total. The molecular weight excluding hydrogens is 234 g/mol. The van der Waals surface area contributed by atoms with Gasteiger partial charge in [-0.2, -0.15) is 0 Å². The van der Waals surface area contributed by atoms with Crippen LogP contribution in [0.5, 0.6) is 0 Å². The summed E-state index contributed by atoms with van der Waals surface area (Å²) in [6, 6.07) is 1.71. The van der Waals surface area contributed by atoms with Crippen molar-refractivity contribution in [2.75, 3.05) is 13.2 Å². The van der Waals surface area contributed by atoms with Gasteiger partial charge in [0.05, 0.1) is 5.02 Å². The number of nitrogens with one attached hydrogen (secondary N) is 1. The van der Waals surface area contributed by atoms with Gasteiger partial charge in [0.15, 0.2) is 0 Å². The Morgan fingerprint density at radius 1 is 1.73 bits per heavy atom. The van der Waals surface area contributed by atoms with E-state index in [1.165, 1.54) is 11.3 Å². The van der Waals surface area contributed by atoms with Gasteiger partial charge in [-0.05, 0) is 23.8 Å². The smallest absolute Gasteiger partial charge is 0.262 e. The summed E-state index contributed by atoms with van der Waals surface area (Å²) < 4.78 is 0. The van der Waals surface area contributed by atoms with Crippen LogP contribution in [-0.2, 0) is 0 Å². The number of rotatable bonds is 5. The van der Waals surface area contributed by atoms with Gasteiger partial charge >= 0.3 is 0 Å². The van der Waals surface area contributed by atoms with E-state index in [1.54, 1.807) is 11.4 Å². The van der Waals surface area contributed by atoms with Gasteiger partial charge in [-0.3, -0.25) is 4.79 Å². The molecule has 1 unspecified atom stereocenters. The van der Waals surface area contributed by atoms with Crippen molar-refractivity contribution in [3.63, 3.8) is 0 Å². The third-order valence-electron chi connectivity index (χ3n) is 2.06. The van der Waals surface area contributed by atoms with E-state index in [4.69, 9.17) is 16.7 Å². The predicted octanol–water partition coefficient (Wildman–Crippen LogP) is 2.15. The molecule has 0 fully saturated rings. The molecule has 0 aliphatic carbocycles. The molecule has 0 radical (unpaired) electrons. The number of amides is 1. The first kappa shape index (κ1) is 12.5. The van der Waals surface area contributed by atoms with Crippen molar-refractivity contribution in [3.05, 3.63) is 21.3 Å². The molecule has 0 saturated carbocycles. The first-order valence-corrected chi connectivity index (χ1v) is 6.03. The molecule has 1 rings (SSSR count). The first-order chi connectivity index (χ1) is 7.15. The molecule has 0 bridgehead atoms. The normalized spacial score (nSPS) is 12.5. The molecule has 1 amide bonds. The average molecular weight is 248 g/mol. The van der Waals surface area contributed by atoms with Crippen LogP contribution >= 0.6 is 22.9 Å². The van der Waals surface area contributed by atoms with Crippen LogP contribution in [0, 0.1) is 5.92 Å². The summed E-state index contributed by atoms with van der Waals surface area (Å²) in [5.74, 6) is 0.137. The van der Waals surface area contributed by atoms with Crippen molar-refractivity contribution in [2.45, 2.75) is 13.3 Å². The number of hydrogen-bond donors (Lipinski definition) is 2. The van der Waals surface area contributed by atoms with Crippen LogP contribution in [0.3, 0.4) is 0 Å². The van der Waals surface area contributed by atoms with Gasteiger partial charge in [0.1, 0.15) is 4.88 Å². The summed E-state index contributed by atoms with van der Waals surface area (Å²) in [7, 11) is 0. The monoisotopic (exact) mass is 247 g/mol. The molecule has 15 heavy (non-hydrogen) atoms. The van der Waals surface area contributed by atoms with Crippen LogP contribution < -0.4 is 5.32 Å². The largest absolute Gasteiger partial charge is 0.396 e. The van der Waals surface area contributed by atoms with Crippen molar-refractivity contribution < 1.29 is 9.90 Å². The lowest BCUT2D eigenvalue weighted by Crippen LogP contribution is -2.28. The lowest BCUT2D eigenvalue weighted by atomic mass is 10.1.